The van der Waals surface area contributed by atoms with E-state index in [2.05, 4.69) is 0 Å². The highest BCUT2D eigenvalue weighted by Gasteiger charge is 2.23. The van der Waals surface area contributed by atoms with Gasteiger partial charge in [-0.05, 0) is 18.3 Å². The summed E-state index contributed by atoms with van der Waals surface area (Å²) in [5.41, 5.74) is 0. The fraction of sp³-hybridized carbons (Fsp3) is 0.875. The third-order valence-corrected chi connectivity index (χ3v) is 2.26. The van der Waals surface area contributed by atoms with Crippen LogP contribution in [0.15, 0.2) is 0 Å². The van der Waals surface area contributed by atoms with Crippen molar-refractivity contribution in [2.75, 3.05) is 13.2 Å². The molecule has 0 spiro atoms. The smallest absolute Gasteiger partial charge is 0.303 e. The summed E-state index contributed by atoms with van der Waals surface area (Å²) in [6.07, 6.45) is 1.19. The molecular weight excluding hydrogens is 144 g/mol. The van der Waals surface area contributed by atoms with E-state index in [9.17, 15) is 4.79 Å². The summed E-state index contributed by atoms with van der Waals surface area (Å²) in [4.78, 5) is 10.4. The monoisotopic (exact) mass is 158 g/mol. The minimum absolute atomic E-state index is 0.296. The van der Waals surface area contributed by atoms with Crippen molar-refractivity contribution < 1.29 is 14.6 Å². The predicted molar refractivity (Wildman–Crippen MR) is 40.3 cm³/mol. The minimum atomic E-state index is -0.691. The van der Waals surface area contributed by atoms with Crippen molar-refractivity contribution in [3.8, 4) is 0 Å². The minimum Gasteiger partial charge on any atom is -0.481 e. The lowest BCUT2D eigenvalue weighted by atomic mass is 9.87. The van der Waals surface area contributed by atoms with Gasteiger partial charge in [-0.3, -0.25) is 4.79 Å². The van der Waals surface area contributed by atoms with Gasteiger partial charge in [-0.1, -0.05) is 6.92 Å². The van der Waals surface area contributed by atoms with Crippen molar-refractivity contribution in [1.29, 1.82) is 0 Å². The Labute approximate surface area is 66.4 Å². The molecule has 1 heterocycles. The van der Waals surface area contributed by atoms with Crippen LogP contribution in [0.2, 0.25) is 0 Å². The quantitative estimate of drug-likeness (QED) is 0.655. The van der Waals surface area contributed by atoms with E-state index < -0.39 is 5.97 Å². The molecule has 1 aliphatic rings. The molecule has 0 radical (unpaired) electrons. The third-order valence-electron chi connectivity index (χ3n) is 2.26. The largest absolute Gasteiger partial charge is 0.481 e. The molecule has 3 heteroatoms. The van der Waals surface area contributed by atoms with Crippen molar-refractivity contribution in [3.63, 3.8) is 0 Å². The summed E-state index contributed by atoms with van der Waals surface area (Å²) >= 11 is 0. The number of carboxylic acids is 1. The molecule has 11 heavy (non-hydrogen) atoms. The van der Waals surface area contributed by atoms with Crippen LogP contribution in [-0.2, 0) is 9.53 Å². The fourth-order valence-electron chi connectivity index (χ4n) is 1.45. The van der Waals surface area contributed by atoms with Gasteiger partial charge in [-0.15, -0.1) is 0 Å². The van der Waals surface area contributed by atoms with Gasteiger partial charge >= 0.3 is 5.97 Å². The standard InChI is InChI=1S/C8H14O3/c1-6-5-11-3-2-7(6)4-8(9)10/h6-7H,2-5H2,1H3,(H,9,10)/t6-,7+/m1/s1. The van der Waals surface area contributed by atoms with Crippen LogP contribution in [0, 0.1) is 11.8 Å². The van der Waals surface area contributed by atoms with Crippen molar-refractivity contribution in [2.45, 2.75) is 19.8 Å². The number of hydrogen-bond donors (Lipinski definition) is 1. The van der Waals surface area contributed by atoms with Crippen LogP contribution in [-0.4, -0.2) is 24.3 Å². The second-order valence-electron chi connectivity index (χ2n) is 3.20. The fourth-order valence-corrected chi connectivity index (χ4v) is 1.45. The normalized spacial score (nSPS) is 31.7. The van der Waals surface area contributed by atoms with Gasteiger partial charge in [0.1, 0.15) is 0 Å². The maximum absolute atomic E-state index is 10.4. The van der Waals surface area contributed by atoms with Crippen LogP contribution < -0.4 is 0 Å². The number of carbonyl (C=O) groups is 1. The van der Waals surface area contributed by atoms with Crippen LogP contribution in [0.4, 0.5) is 0 Å². The highest BCUT2D eigenvalue weighted by atomic mass is 16.5. The molecular formula is C8H14O3. The second kappa shape index (κ2) is 3.72. The Hall–Kier alpha value is -0.570. The van der Waals surface area contributed by atoms with E-state index in [-0.39, 0.29) is 0 Å². The zero-order chi connectivity index (χ0) is 8.27. The van der Waals surface area contributed by atoms with Gasteiger partial charge in [-0.25, -0.2) is 0 Å². The number of hydrogen-bond acceptors (Lipinski definition) is 2. The average Bonchev–Trinajstić information content (AvgIpc) is 1.93. The van der Waals surface area contributed by atoms with Gasteiger partial charge in [0.05, 0.1) is 0 Å². The first-order chi connectivity index (χ1) is 5.20. The lowest BCUT2D eigenvalue weighted by Gasteiger charge is -2.27. The summed E-state index contributed by atoms with van der Waals surface area (Å²) in [6, 6.07) is 0. The molecule has 0 aromatic rings. The zero-order valence-electron chi connectivity index (χ0n) is 6.75. The summed E-state index contributed by atoms with van der Waals surface area (Å²) < 4.78 is 5.20. The van der Waals surface area contributed by atoms with Gasteiger partial charge in [0.25, 0.3) is 0 Å². The molecule has 64 valence electrons. The molecule has 0 bridgehead atoms. The number of ether oxygens (including phenoxy) is 1. The summed E-state index contributed by atoms with van der Waals surface area (Å²) in [6.45, 7) is 3.49. The zero-order valence-corrected chi connectivity index (χ0v) is 6.75. The molecule has 0 amide bonds. The van der Waals surface area contributed by atoms with Crippen LogP contribution in [0.25, 0.3) is 0 Å². The molecule has 1 rings (SSSR count). The lowest BCUT2D eigenvalue weighted by molar-refractivity contribution is -0.139. The van der Waals surface area contributed by atoms with Crippen LogP contribution in [0.1, 0.15) is 19.8 Å². The SMILES string of the molecule is C[C@@H]1COCC[C@H]1CC(=O)O. The molecule has 1 N–H and O–H groups in total. The van der Waals surface area contributed by atoms with E-state index in [0.29, 0.717) is 18.3 Å². The lowest BCUT2D eigenvalue weighted by Crippen LogP contribution is -2.27. The van der Waals surface area contributed by atoms with Gasteiger partial charge in [-0.2, -0.15) is 0 Å². The molecule has 0 aromatic heterocycles. The molecule has 1 saturated heterocycles. The number of rotatable bonds is 2. The highest BCUT2D eigenvalue weighted by molar-refractivity contribution is 5.67. The Morgan fingerprint density at radius 2 is 2.45 bits per heavy atom. The Balaban J connectivity index is 2.35. The topological polar surface area (TPSA) is 46.5 Å². The Morgan fingerprint density at radius 3 is 3.00 bits per heavy atom. The van der Waals surface area contributed by atoms with E-state index in [0.717, 1.165) is 19.6 Å². The van der Waals surface area contributed by atoms with Crippen molar-refractivity contribution in [1.82, 2.24) is 0 Å². The van der Waals surface area contributed by atoms with Gasteiger partial charge in [0.15, 0.2) is 0 Å². The van der Waals surface area contributed by atoms with Gasteiger partial charge < -0.3 is 9.84 Å². The van der Waals surface area contributed by atoms with Crippen molar-refractivity contribution >= 4 is 5.97 Å². The Morgan fingerprint density at radius 1 is 1.73 bits per heavy atom. The van der Waals surface area contributed by atoms with Gasteiger partial charge in [0.2, 0.25) is 0 Å². The first-order valence-corrected chi connectivity index (χ1v) is 3.99. The van der Waals surface area contributed by atoms with Crippen molar-refractivity contribution in [3.05, 3.63) is 0 Å². The summed E-state index contributed by atoms with van der Waals surface area (Å²) in [7, 11) is 0. The molecule has 1 fully saturated rings. The van der Waals surface area contributed by atoms with E-state index >= 15 is 0 Å². The van der Waals surface area contributed by atoms with E-state index in [4.69, 9.17) is 9.84 Å². The van der Waals surface area contributed by atoms with Crippen LogP contribution in [0.5, 0.6) is 0 Å². The highest BCUT2D eigenvalue weighted by Crippen LogP contribution is 2.24. The van der Waals surface area contributed by atoms with Crippen LogP contribution in [0.3, 0.4) is 0 Å². The average molecular weight is 158 g/mol. The molecule has 0 unspecified atom stereocenters. The van der Waals surface area contributed by atoms with E-state index in [1.54, 1.807) is 0 Å². The van der Waals surface area contributed by atoms with E-state index in [1.165, 1.54) is 0 Å². The summed E-state index contributed by atoms with van der Waals surface area (Å²) in [5, 5.41) is 8.54. The molecule has 3 nitrogen and oxygen atoms in total. The maximum Gasteiger partial charge on any atom is 0.303 e. The molecule has 0 saturated carbocycles. The summed E-state index contributed by atoms with van der Waals surface area (Å²) in [5.74, 6) is 0.0323. The molecule has 0 aromatic carbocycles. The number of aliphatic carboxylic acids is 1. The number of carboxylic acid groups (broad SMARTS) is 1. The maximum atomic E-state index is 10.4. The predicted octanol–water partition coefficient (Wildman–Crippen LogP) is 1.13. The van der Waals surface area contributed by atoms with E-state index in [1.807, 2.05) is 6.92 Å². The van der Waals surface area contributed by atoms with Crippen molar-refractivity contribution in [2.24, 2.45) is 11.8 Å². The Kier molecular flexibility index (Phi) is 2.88. The second-order valence-corrected chi connectivity index (χ2v) is 3.20. The Bertz CT molecular complexity index is 144. The first kappa shape index (κ1) is 8.53. The first-order valence-electron chi connectivity index (χ1n) is 3.99. The molecule has 0 aliphatic carbocycles. The van der Waals surface area contributed by atoms with Crippen LogP contribution >= 0.6 is 0 Å². The third kappa shape index (κ3) is 2.50. The van der Waals surface area contributed by atoms with Gasteiger partial charge in [0, 0.05) is 19.6 Å². The molecule has 1 aliphatic heterocycles. The molecule has 2 atom stereocenters.